The number of hydrogen-bond acceptors (Lipinski definition) is 6. The molecular formula is C8H27ClN6. The summed E-state index contributed by atoms with van der Waals surface area (Å²) in [7, 11) is 0. The zero-order valence-electron chi connectivity index (χ0n) is 9.37. The molecule has 0 aliphatic rings. The Morgan fingerprint density at radius 2 is 0.733 bits per heavy atom. The second-order valence-electron chi connectivity index (χ2n) is 2.65. The van der Waals surface area contributed by atoms with Crippen molar-refractivity contribution in [2.45, 2.75) is 0 Å². The van der Waals surface area contributed by atoms with E-state index < -0.39 is 0 Å². The van der Waals surface area contributed by atoms with Gasteiger partial charge in [0.1, 0.15) is 0 Å². The number of hydrogen-bond donors (Lipinski definition) is 6. The van der Waals surface area contributed by atoms with Crippen LogP contribution < -0.4 is 33.6 Å². The molecule has 0 radical (unpaired) electrons. The van der Waals surface area contributed by atoms with Gasteiger partial charge in [-0.15, -0.1) is 12.4 Å². The van der Waals surface area contributed by atoms with E-state index in [-0.39, 0.29) is 12.4 Å². The maximum atomic E-state index is 5.17. The molecule has 0 spiro atoms. The molecule has 0 aliphatic carbocycles. The van der Waals surface area contributed by atoms with E-state index in [2.05, 4.69) is 10.6 Å². The Labute approximate surface area is 98.9 Å². The van der Waals surface area contributed by atoms with E-state index in [0.29, 0.717) is 26.2 Å². The van der Waals surface area contributed by atoms with E-state index in [1.807, 2.05) is 0 Å². The first kappa shape index (κ1) is 20.5. The van der Waals surface area contributed by atoms with Crippen molar-refractivity contribution in [3.8, 4) is 0 Å². The highest BCUT2D eigenvalue weighted by Gasteiger charge is 1.77. The van der Waals surface area contributed by atoms with Gasteiger partial charge in [-0.05, 0) is 0 Å². The van der Waals surface area contributed by atoms with E-state index in [9.17, 15) is 0 Å². The highest BCUT2D eigenvalue weighted by atomic mass is 35.5. The van der Waals surface area contributed by atoms with E-state index in [4.69, 9.17) is 22.9 Å². The van der Waals surface area contributed by atoms with E-state index in [0.717, 1.165) is 26.2 Å². The van der Waals surface area contributed by atoms with Crippen molar-refractivity contribution < 1.29 is 0 Å². The summed E-state index contributed by atoms with van der Waals surface area (Å²) in [5.74, 6) is 0. The molecular weight excluding hydrogens is 216 g/mol. The highest BCUT2D eigenvalue weighted by Crippen LogP contribution is 1.49. The Hall–Kier alpha value is 0.0500. The normalized spacial score (nSPS) is 8.80. The molecule has 0 saturated heterocycles. The van der Waals surface area contributed by atoms with E-state index in [1.54, 1.807) is 0 Å². The summed E-state index contributed by atoms with van der Waals surface area (Å²) in [6.45, 7) is 6.27. The van der Waals surface area contributed by atoms with Gasteiger partial charge in [-0.2, -0.15) is 0 Å². The second kappa shape index (κ2) is 23.7. The first-order valence-electron chi connectivity index (χ1n) is 5.05. The van der Waals surface area contributed by atoms with Crippen molar-refractivity contribution in [3.63, 3.8) is 0 Å². The van der Waals surface area contributed by atoms with Crippen LogP contribution in [0.15, 0.2) is 0 Å². The first-order chi connectivity index (χ1) is 6.83. The Morgan fingerprint density at radius 3 is 0.867 bits per heavy atom. The van der Waals surface area contributed by atoms with Gasteiger partial charge in [-0.1, -0.05) is 0 Å². The minimum atomic E-state index is 0. The molecule has 7 heteroatoms. The standard InChI is InChI=1S/2C4H13N3.ClH/c2*5-1-3-7-4-2-6;/h2*7H,1-6H2;1H. The van der Waals surface area contributed by atoms with Crippen molar-refractivity contribution in [2.75, 3.05) is 52.4 Å². The van der Waals surface area contributed by atoms with Crippen LogP contribution in [0.5, 0.6) is 0 Å². The predicted molar refractivity (Wildman–Crippen MR) is 69.2 cm³/mol. The fraction of sp³-hybridized carbons (Fsp3) is 1.00. The van der Waals surface area contributed by atoms with Crippen molar-refractivity contribution in [1.29, 1.82) is 0 Å². The van der Waals surface area contributed by atoms with Crippen LogP contribution in [0.1, 0.15) is 0 Å². The Morgan fingerprint density at radius 1 is 0.533 bits per heavy atom. The minimum Gasteiger partial charge on any atom is -0.329 e. The third kappa shape index (κ3) is 31.5. The number of rotatable bonds is 8. The maximum absolute atomic E-state index is 5.17. The van der Waals surface area contributed by atoms with Gasteiger partial charge in [-0.25, -0.2) is 0 Å². The van der Waals surface area contributed by atoms with Crippen LogP contribution in [0.3, 0.4) is 0 Å². The van der Waals surface area contributed by atoms with Crippen LogP contribution in [0.2, 0.25) is 0 Å². The molecule has 0 aromatic carbocycles. The molecule has 10 N–H and O–H groups in total. The first-order valence-corrected chi connectivity index (χ1v) is 5.05. The van der Waals surface area contributed by atoms with Gasteiger partial charge in [0.25, 0.3) is 0 Å². The molecule has 96 valence electrons. The van der Waals surface area contributed by atoms with Crippen molar-refractivity contribution >= 4 is 12.4 Å². The van der Waals surface area contributed by atoms with Crippen molar-refractivity contribution in [3.05, 3.63) is 0 Å². The smallest absolute Gasteiger partial charge is 0.00750 e. The topological polar surface area (TPSA) is 128 Å². The SMILES string of the molecule is Cl.NCCNCCN.NCCNCCN. The number of nitrogens with two attached hydrogens (primary N) is 4. The third-order valence-corrected chi connectivity index (χ3v) is 1.28. The zero-order valence-corrected chi connectivity index (χ0v) is 10.2. The summed E-state index contributed by atoms with van der Waals surface area (Å²) in [5, 5.41) is 6.07. The van der Waals surface area contributed by atoms with Crippen LogP contribution in [-0.4, -0.2) is 52.4 Å². The highest BCUT2D eigenvalue weighted by molar-refractivity contribution is 5.85. The second-order valence-corrected chi connectivity index (χ2v) is 2.65. The van der Waals surface area contributed by atoms with Crippen LogP contribution in [0, 0.1) is 0 Å². The molecule has 15 heavy (non-hydrogen) atoms. The van der Waals surface area contributed by atoms with Crippen LogP contribution in [0.25, 0.3) is 0 Å². The Bertz CT molecular complexity index is 67.5. The summed E-state index contributed by atoms with van der Waals surface area (Å²) in [4.78, 5) is 0. The van der Waals surface area contributed by atoms with Gasteiger partial charge in [0.05, 0.1) is 0 Å². The van der Waals surface area contributed by atoms with Gasteiger partial charge in [0, 0.05) is 52.4 Å². The summed E-state index contributed by atoms with van der Waals surface area (Å²) < 4.78 is 0. The molecule has 0 fully saturated rings. The van der Waals surface area contributed by atoms with Gasteiger partial charge >= 0.3 is 0 Å². The summed E-state index contributed by atoms with van der Waals surface area (Å²) >= 11 is 0. The Balaban J connectivity index is -0.000000180. The molecule has 0 amide bonds. The van der Waals surface area contributed by atoms with E-state index >= 15 is 0 Å². The van der Waals surface area contributed by atoms with Crippen LogP contribution in [-0.2, 0) is 0 Å². The van der Waals surface area contributed by atoms with Crippen molar-refractivity contribution in [2.24, 2.45) is 22.9 Å². The van der Waals surface area contributed by atoms with Gasteiger partial charge in [0.15, 0.2) is 0 Å². The van der Waals surface area contributed by atoms with Crippen LogP contribution in [0.4, 0.5) is 0 Å². The summed E-state index contributed by atoms with van der Waals surface area (Å²) in [5.41, 5.74) is 20.7. The molecule has 0 heterocycles. The molecule has 0 aromatic heterocycles. The minimum absolute atomic E-state index is 0. The quantitative estimate of drug-likeness (QED) is 0.259. The number of nitrogens with one attached hydrogen (secondary N) is 2. The van der Waals surface area contributed by atoms with E-state index in [1.165, 1.54) is 0 Å². The van der Waals surface area contributed by atoms with Gasteiger partial charge in [-0.3, -0.25) is 0 Å². The lowest BCUT2D eigenvalue weighted by atomic mass is 10.6. The summed E-state index contributed by atoms with van der Waals surface area (Å²) in [6, 6.07) is 0. The lowest BCUT2D eigenvalue weighted by Crippen LogP contribution is -2.27. The fourth-order valence-corrected chi connectivity index (χ4v) is 0.658. The molecule has 0 aromatic rings. The molecule has 6 nitrogen and oxygen atoms in total. The molecule has 0 atom stereocenters. The molecule has 0 unspecified atom stereocenters. The molecule has 0 saturated carbocycles. The zero-order chi connectivity index (χ0) is 11.1. The monoisotopic (exact) mass is 242 g/mol. The average molecular weight is 243 g/mol. The van der Waals surface area contributed by atoms with Crippen LogP contribution >= 0.6 is 12.4 Å². The van der Waals surface area contributed by atoms with Gasteiger partial charge < -0.3 is 33.6 Å². The molecule has 0 rings (SSSR count). The maximum Gasteiger partial charge on any atom is 0.00750 e. The molecule has 0 aliphatic heterocycles. The predicted octanol–water partition coefficient (Wildman–Crippen LogP) is -2.59. The lowest BCUT2D eigenvalue weighted by Gasteiger charge is -1.95. The Kier molecular flexibility index (Phi) is 32.3. The van der Waals surface area contributed by atoms with Gasteiger partial charge in [0.2, 0.25) is 0 Å². The number of halogens is 1. The lowest BCUT2D eigenvalue weighted by molar-refractivity contribution is 0.696. The average Bonchev–Trinajstić information content (AvgIpc) is 2.21. The molecule has 0 bridgehead atoms. The van der Waals surface area contributed by atoms with Crippen molar-refractivity contribution in [1.82, 2.24) is 10.6 Å². The summed E-state index contributed by atoms with van der Waals surface area (Å²) in [6.07, 6.45) is 0. The largest absolute Gasteiger partial charge is 0.329 e. The fourth-order valence-electron chi connectivity index (χ4n) is 0.658. The third-order valence-electron chi connectivity index (χ3n) is 1.28.